The highest BCUT2D eigenvalue weighted by atomic mass is 35.5. The van der Waals surface area contributed by atoms with Crippen molar-refractivity contribution in [3.63, 3.8) is 0 Å². The van der Waals surface area contributed by atoms with Gasteiger partial charge in [-0.25, -0.2) is 0 Å². The second-order valence-electron chi connectivity index (χ2n) is 3.25. The minimum absolute atomic E-state index is 0.238. The number of hydrogen-bond acceptors (Lipinski definition) is 1. The average molecular weight is 227 g/mol. The molecule has 0 aliphatic heterocycles. The summed E-state index contributed by atoms with van der Waals surface area (Å²) in [6.07, 6.45) is 0.523. The van der Waals surface area contributed by atoms with Crippen LogP contribution in [-0.2, 0) is 11.2 Å². The molecule has 0 bridgehead atoms. The van der Waals surface area contributed by atoms with Gasteiger partial charge >= 0.3 is 0 Å². The molecule has 0 fully saturated rings. The van der Waals surface area contributed by atoms with Crippen LogP contribution in [0.25, 0.3) is 0 Å². The molecule has 14 heavy (non-hydrogen) atoms. The Morgan fingerprint density at radius 2 is 2.21 bits per heavy atom. The van der Waals surface area contributed by atoms with E-state index in [1.165, 1.54) is 0 Å². The van der Waals surface area contributed by atoms with Crippen LogP contribution in [0.5, 0.6) is 0 Å². The van der Waals surface area contributed by atoms with Gasteiger partial charge < -0.3 is 0 Å². The second kappa shape index (κ2) is 4.85. The molecule has 4 heteroatoms. The summed E-state index contributed by atoms with van der Waals surface area (Å²) in [6.45, 7) is 1.76. The molecule has 1 aromatic rings. The number of hydrogen-bond donors (Lipinski definition) is 0. The molecule has 1 rings (SSSR count). The predicted molar refractivity (Wildman–Crippen MR) is 60.6 cm³/mol. The summed E-state index contributed by atoms with van der Waals surface area (Å²) in [5.41, 5.74) is 1.50. The second-order valence-corrected chi connectivity index (χ2v) is 4.06. The molecule has 72 valence electrons. The highest BCUT2D eigenvalue weighted by molar-refractivity contribution is 6.63. The van der Waals surface area contributed by atoms with Gasteiger partial charge in [-0.3, -0.25) is 4.79 Å². The lowest BCUT2D eigenvalue weighted by atomic mass is 9.87. The van der Waals surface area contributed by atoms with E-state index in [2.05, 4.69) is 0 Å². The van der Waals surface area contributed by atoms with Crippen LogP contribution in [-0.4, -0.2) is 13.1 Å². The normalized spacial score (nSPS) is 12.5. The third-order valence-corrected chi connectivity index (χ3v) is 2.63. The molecule has 2 radical (unpaired) electrons. The Labute approximate surface area is 94.8 Å². The molecule has 1 unspecified atom stereocenters. The number of rotatable bonds is 3. The minimum atomic E-state index is -0.357. The third kappa shape index (κ3) is 3.04. The largest absolute Gasteiger partial charge is 0.281 e. The molecular formula is C10H9BCl2O. The molecule has 0 N–H and O–H groups in total. The average Bonchev–Trinajstić information content (AvgIpc) is 2.11. The highest BCUT2D eigenvalue weighted by Gasteiger charge is 2.11. The van der Waals surface area contributed by atoms with E-state index in [0.29, 0.717) is 16.9 Å². The topological polar surface area (TPSA) is 17.1 Å². The van der Waals surface area contributed by atoms with Crippen molar-refractivity contribution in [2.75, 3.05) is 0 Å². The molecule has 0 aliphatic rings. The number of carbonyl (C=O) groups excluding carboxylic acids is 1. The van der Waals surface area contributed by atoms with E-state index in [0.717, 1.165) is 5.56 Å². The molecule has 0 aromatic heterocycles. The van der Waals surface area contributed by atoms with Crippen molar-refractivity contribution in [3.8, 4) is 0 Å². The summed E-state index contributed by atoms with van der Waals surface area (Å²) in [5.74, 6) is -0.238. The molecule has 1 aromatic carbocycles. The van der Waals surface area contributed by atoms with E-state index in [1.807, 2.05) is 0 Å². The Hall–Kier alpha value is -0.465. The van der Waals surface area contributed by atoms with Crippen molar-refractivity contribution in [1.29, 1.82) is 0 Å². The smallest absolute Gasteiger partial charge is 0.224 e. The fourth-order valence-corrected chi connectivity index (χ4v) is 1.43. The molecule has 0 spiro atoms. The van der Waals surface area contributed by atoms with E-state index in [9.17, 15) is 4.79 Å². The zero-order valence-electron chi connectivity index (χ0n) is 7.76. The van der Waals surface area contributed by atoms with Gasteiger partial charge in [0.15, 0.2) is 0 Å². The fourth-order valence-electron chi connectivity index (χ4n) is 1.16. The van der Waals surface area contributed by atoms with Crippen molar-refractivity contribution in [3.05, 3.63) is 28.8 Å². The summed E-state index contributed by atoms with van der Waals surface area (Å²) in [6, 6.07) is 5.20. The lowest BCUT2D eigenvalue weighted by Gasteiger charge is -2.09. The zero-order valence-corrected chi connectivity index (χ0v) is 9.27. The molecule has 1 nitrogen and oxygen atoms in total. The van der Waals surface area contributed by atoms with Crippen LogP contribution >= 0.6 is 23.2 Å². The van der Waals surface area contributed by atoms with Crippen molar-refractivity contribution in [1.82, 2.24) is 0 Å². The zero-order chi connectivity index (χ0) is 10.7. The predicted octanol–water partition coefficient (Wildman–Crippen LogP) is 2.08. The molecular weight excluding hydrogens is 218 g/mol. The number of halogens is 2. The van der Waals surface area contributed by atoms with Crippen LogP contribution in [0.2, 0.25) is 5.02 Å². The summed E-state index contributed by atoms with van der Waals surface area (Å²) >= 11 is 11.2. The Bertz CT molecular complexity index is 352. The summed E-state index contributed by atoms with van der Waals surface area (Å²) < 4.78 is 0. The standard InChI is InChI=1S/C10H9BCl2O/c1-6(10(13)14)4-7-5-8(12)2-3-9(7)11/h2-3,5-6H,4H2,1H3. The van der Waals surface area contributed by atoms with Gasteiger partial charge in [-0.2, -0.15) is 0 Å². The van der Waals surface area contributed by atoms with E-state index in [4.69, 9.17) is 31.0 Å². The number of benzene rings is 1. The maximum atomic E-state index is 10.8. The quantitative estimate of drug-likeness (QED) is 0.570. The monoisotopic (exact) mass is 226 g/mol. The molecule has 0 saturated carbocycles. The minimum Gasteiger partial charge on any atom is -0.281 e. The van der Waals surface area contributed by atoms with Gasteiger partial charge in [-0.05, 0) is 30.2 Å². The van der Waals surface area contributed by atoms with Gasteiger partial charge in [-0.15, -0.1) is 0 Å². The van der Waals surface area contributed by atoms with Crippen molar-refractivity contribution in [2.45, 2.75) is 13.3 Å². The van der Waals surface area contributed by atoms with Crippen LogP contribution in [0.4, 0.5) is 0 Å². The van der Waals surface area contributed by atoms with Crippen LogP contribution in [0.1, 0.15) is 12.5 Å². The van der Waals surface area contributed by atoms with E-state index in [-0.39, 0.29) is 11.2 Å². The lowest BCUT2D eigenvalue weighted by molar-refractivity contribution is -0.114. The van der Waals surface area contributed by atoms with Gasteiger partial charge in [0.1, 0.15) is 7.85 Å². The maximum Gasteiger partial charge on any atom is 0.224 e. The van der Waals surface area contributed by atoms with Crippen LogP contribution in [0, 0.1) is 5.92 Å². The Balaban J connectivity index is 2.85. The van der Waals surface area contributed by atoms with Gasteiger partial charge in [0.25, 0.3) is 0 Å². The summed E-state index contributed by atoms with van der Waals surface area (Å²) in [4.78, 5) is 10.8. The SMILES string of the molecule is [B]c1ccc(Cl)cc1CC(C)C(=O)Cl. The number of carbonyl (C=O) groups is 1. The first kappa shape index (κ1) is 11.6. The van der Waals surface area contributed by atoms with E-state index in [1.54, 1.807) is 25.1 Å². The van der Waals surface area contributed by atoms with Crippen LogP contribution in [0.3, 0.4) is 0 Å². The molecule has 0 amide bonds. The van der Waals surface area contributed by atoms with Gasteiger partial charge in [0, 0.05) is 10.9 Å². The Morgan fingerprint density at radius 3 is 2.79 bits per heavy atom. The van der Waals surface area contributed by atoms with Gasteiger partial charge in [-0.1, -0.05) is 35.6 Å². The first-order chi connectivity index (χ1) is 6.50. The van der Waals surface area contributed by atoms with Gasteiger partial charge in [0.2, 0.25) is 5.24 Å². The molecule has 0 aliphatic carbocycles. The first-order valence-corrected chi connectivity index (χ1v) is 4.99. The lowest BCUT2D eigenvalue weighted by Crippen LogP contribution is -2.16. The third-order valence-electron chi connectivity index (χ3n) is 2.02. The summed E-state index contributed by atoms with van der Waals surface area (Å²) in [5, 5.41) is 0.257. The van der Waals surface area contributed by atoms with Crippen LogP contribution in [0.15, 0.2) is 18.2 Å². The summed E-state index contributed by atoms with van der Waals surface area (Å²) in [7, 11) is 5.72. The van der Waals surface area contributed by atoms with Crippen molar-refractivity contribution < 1.29 is 4.79 Å². The van der Waals surface area contributed by atoms with Crippen molar-refractivity contribution in [2.24, 2.45) is 5.92 Å². The first-order valence-electron chi connectivity index (χ1n) is 4.24. The highest BCUT2D eigenvalue weighted by Crippen LogP contribution is 2.13. The fraction of sp³-hybridized carbons (Fsp3) is 0.300. The molecule has 1 atom stereocenters. The van der Waals surface area contributed by atoms with E-state index >= 15 is 0 Å². The maximum absolute atomic E-state index is 10.8. The van der Waals surface area contributed by atoms with Crippen molar-refractivity contribution >= 4 is 41.8 Å². The Morgan fingerprint density at radius 1 is 1.57 bits per heavy atom. The van der Waals surface area contributed by atoms with E-state index < -0.39 is 0 Å². The Kier molecular flexibility index (Phi) is 4.03. The van der Waals surface area contributed by atoms with Crippen LogP contribution < -0.4 is 5.46 Å². The van der Waals surface area contributed by atoms with Gasteiger partial charge in [0.05, 0.1) is 0 Å². The molecule has 0 heterocycles. The molecule has 0 saturated heterocycles.